The van der Waals surface area contributed by atoms with Crippen LogP contribution in [0, 0.1) is 17.8 Å². The van der Waals surface area contributed by atoms with Gasteiger partial charge in [-0.2, -0.15) is 0 Å². The van der Waals surface area contributed by atoms with Crippen LogP contribution >= 0.6 is 22.9 Å². The molecule has 2 amide bonds. The van der Waals surface area contributed by atoms with Crippen LogP contribution in [0.3, 0.4) is 0 Å². The molecule has 1 aliphatic heterocycles. The van der Waals surface area contributed by atoms with Gasteiger partial charge in [0, 0.05) is 36.3 Å². The van der Waals surface area contributed by atoms with Crippen LogP contribution in [-0.4, -0.2) is 70.1 Å². The number of fused-ring (bicyclic) bond motifs is 3. The highest BCUT2D eigenvalue weighted by atomic mass is 35.5. The van der Waals surface area contributed by atoms with Crippen molar-refractivity contribution >= 4 is 51.6 Å². The highest BCUT2D eigenvalue weighted by Gasteiger charge is 2.61. The number of thiazole rings is 1. The molecule has 2 aromatic heterocycles. The molecule has 10 nitrogen and oxygen atoms in total. The van der Waals surface area contributed by atoms with Crippen LogP contribution in [0.4, 0.5) is 0 Å². The van der Waals surface area contributed by atoms with Crippen molar-refractivity contribution < 1.29 is 29.0 Å². The van der Waals surface area contributed by atoms with E-state index in [9.17, 15) is 19.5 Å². The minimum Gasteiger partial charge on any atom is -0.495 e. The summed E-state index contributed by atoms with van der Waals surface area (Å²) in [6, 6.07) is 5.42. The van der Waals surface area contributed by atoms with E-state index in [0.717, 1.165) is 30.0 Å². The number of rotatable bonds is 6. The number of methoxy groups -OCH3 is 1. The first-order chi connectivity index (χ1) is 22.0. The van der Waals surface area contributed by atoms with Gasteiger partial charge in [-0.05, 0) is 56.6 Å². The Labute approximate surface area is 277 Å². The van der Waals surface area contributed by atoms with Crippen LogP contribution in [0.2, 0.25) is 5.02 Å². The number of aliphatic carboxylic acids is 1. The molecule has 46 heavy (non-hydrogen) atoms. The fraction of sp³-hybridized carbons (Fsp3) is 0.500. The normalized spacial score (nSPS) is 26.8. The molecule has 1 unspecified atom stereocenters. The molecule has 0 radical (unpaired) electrons. The zero-order valence-electron chi connectivity index (χ0n) is 26.4. The molecule has 2 N–H and O–H groups in total. The van der Waals surface area contributed by atoms with Crippen LogP contribution < -0.4 is 14.8 Å². The summed E-state index contributed by atoms with van der Waals surface area (Å²) in [5.74, 6) is -2.04. The molecule has 3 aliphatic rings. The predicted molar refractivity (Wildman–Crippen MR) is 176 cm³/mol. The molecule has 0 saturated heterocycles. The van der Waals surface area contributed by atoms with E-state index in [0.29, 0.717) is 52.5 Å². The molecule has 0 spiro atoms. The second kappa shape index (κ2) is 12.8. The molecule has 2 aliphatic carbocycles. The maximum atomic E-state index is 13.8. The van der Waals surface area contributed by atoms with Gasteiger partial charge in [-0.25, -0.2) is 14.8 Å². The Bertz CT molecular complexity index is 1710. The first-order valence-corrected chi connectivity index (χ1v) is 17.0. The molecule has 6 rings (SSSR count). The lowest BCUT2D eigenvalue weighted by molar-refractivity contribution is -0.145. The Morgan fingerprint density at radius 3 is 2.67 bits per heavy atom. The zero-order chi connectivity index (χ0) is 32.7. The fourth-order valence-electron chi connectivity index (χ4n) is 6.61. The zero-order valence-corrected chi connectivity index (χ0v) is 28.0. The molecule has 2 fully saturated rings. The maximum absolute atomic E-state index is 13.8. The smallest absolute Gasteiger partial charge is 0.330 e. The number of aromatic nitrogens is 2. The summed E-state index contributed by atoms with van der Waals surface area (Å²) >= 11 is 8.24. The van der Waals surface area contributed by atoms with Crippen molar-refractivity contribution in [3.63, 3.8) is 0 Å². The SMILES string of the molecule is COc1ccc2c(O[C@@H]3C[C@H]4C(=O)N[C@]5(C(=O)O)CC5C=CCCCCN(C)C(=O)[C@@H]4C3)cc(-c3nc(C(C)C)cs3)nc2c1Cl. The number of benzene rings is 1. The van der Waals surface area contributed by atoms with Crippen molar-refractivity contribution in [2.45, 2.75) is 69.9 Å². The third-order valence-electron chi connectivity index (χ3n) is 9.47. The van der Waals surface area contributed by atoms with E-state index in [4.69, 9.17) is 31.0 Å². The van der Waals surface area contributed by atoms with E-state index < -0.39 is 35.4 Å². The number of carboxylic acids is 1. The number of hydrogen-bond donors (Lipinski definition) is 2. The molecule has 1 aromatic carbocycles. The molecule has 244 valence electrons. The van der Waals surface area contributed by atoms with Crippen LogP contribution in [0.15, 0.2) is 35.7 Å². The largest absolute Gasteiger partial charge is 0.495 e. The molecule has 0 bridgehead atoms. The van der Waals surface area contributed by atoms with E-state index in [1.807, 2.05) is 29.7 Å². The highest BCUT2D eigenvalue weighted by Crippen LogP contribution is 2.47. The predicted octanol–water partition coefficient (Wildman–Crippen LogP) is 6.08. The van der Waals surface area contributed by atoms with Gasteiger partial charge in [0.1, 0.15) is 38.9 Å². The summed E-state index contributed by atoms with van der Waals surface area (Å²) in [5.41, 5.74) is 0.705. The number of carboxylic acid groups (broad SMARTS) is 1. The van der Waals surface area contributed by atoms with Crippen molar-refractivity contribution in [1.29, 1.82) is 0 Å². The molecule has 5 atom stereocenters. The van der Waals surface area contributed by atoms with Gasteiger partial charge in [0.25, 0.3) is 0 Å². The summed E-state index contributed by atoms with van der Waals surface area (Å²) < 4.78 is 12.1. The topological polar surface area (TPSA) is 131 Å². The lowest BCUT2D eigenvalue weighted by Crippen LogP contribution is -2.49. The van der Waals surface area contributed by atoms with Gasteiger partial charge in [0.15, 0.2) is 0 Å². The van der Waals surface area contributed by atoms with Crippen molar-refractivity contribution in [1.82, 2.24) is 20.2 Å². The van der Waals surface area contributed by atoms with Crippen LogP contribution in [0.5, 0.6) is 11.5 Å². The Hall–Kier alpha value is -3.70. The Morgan fingerprint density at radius 1 is 1.17 bits per heavy atom. The monoisotopic (exact) mass is 666 g/mol. The van der Waals surface area contributed by atoms with Gasteiger partial charge in [0.2, 0.25) is 11.8 Å². The third kappa shape index (κ3) is 6.07. The van der Waals surface area contributed by atoms with Gasteiger partial charge in [0.05, 0.1) is 30.2 Å². The molecule has 3 heterocycles. The van der Waals surface area contributed by atoms with Crippen LogP contribution in [0.25, 0.3) is 21.6 Å². The Kier molecular flexibility index (Phi) is 9.00. The summed E-state index contributed by atoms with van der Waals surface area (Å²) in [5, 5.41) is 16.7. The minimum atomic E-state index is -1.34. The Balaban J connectivity index is 1.35. The number of amides is 2. The number of pyridine rings is 1. The first kappa shape index (κ1) is 32.2. The minimum absolute atomic E-state index is 0.132. The average Bonchev–Trinajstić information content (AvgIpc) is 3.33. The van der Waals surface area contributed by atoms with Crippen LogP contribution in [0.1, 0.15) is 64.0 Å². The second-order valence-electron chi connectivity index (χ2n) is 12.9. The van der Waals surface area contributed by atoms with Crippen molar-refractivity contribution in [3.05, 3.63) is 46.4 Å². The molecular weight excluding hydrogens is 628 g/mol. The number of carbonyl (C=O) groups is 3. The molecule has 12 heteroatoms. The van der Waals surface area contributed by atoms with E-state index in [-0.39, 0.29) is 24.2 Å². The lowest BCUT2D eigenvalue weighted by Gasteiger charge is -2.26. The van der Waals surface area contributed by atoms with E-state index in [1.54, 1.807) is 25.1 Å². The molecular formula is C34H39ClN4O6S. The summed E-state index contributed by atoms with van der Waals surface area (Å²) in [4.78, 5) is 51.3. The lowest BCUT2D eigenvalue weighted by atomic mass is 9.93. The molecule has 3 aromatic rings. The van der Waals surface area contributed by atoms with Crippen molar-refractivity contribution in [2.75, 3.05) is 20.7 Å². The first-order valence-electron chi connectivity index (χ1n) is 15.8. The summed E-state index contributed by atoms with van der Waals surface area (Å²) in [6.45, 7) is 4.74. The third-order valence-corrected chi connectivity index (χ3v) is 10.7. The number of ether oxygens (including phenoxy) is 2. The van der Waals surface area contributed by atoms with E-state index in [1.165, 1.54) is 11.3 Å². The van der Waals surface area contributed by atoms with Crippen LogP contribution in [-0.2, 0) is 14.4 Å². The van der Waals surface area contributed by atoms with Gasteiger partial charge in [-0.1, -0.05) is 37.6 Å². The quantitative estimate of drug-likeness (QED) is 0.303. The number of allylic oxidation sites excluding steroid dienone is 1. The van der Waals surface area contributed by atoms with Gasteiger partial charge in [-0.3, -0.25) is 9.59 Å². The van der Waals surface area contributed by atoms with E-state index in [2.05, 4.69) is 19.2 Å². The van der Waals surface area contributed by atoms with Gasteiger partial charge in [-0.15, -0.1) is 11.3 Å². The number of halogens is 1. The number of nitrogens with one attached hydrogen (secondary N) is 1. The number of nitrogens with zero attached hydrogens (tertiary/aromatic N) is 3. The summed E-state index contributed by atoms with van der Waals surface area (Å²) in [6.07, 6.45) is 6.79. The number of hydrogen-bond acceptors (Lipinski definition) is 8. The van der Waals surface area contributed by atoms with E-state index >= 15 is 0 Å². The van der Waals surface area contributed by atoms with Crippen molar-refractivity contribution in [3.8, 4) is 22.2 Å². The average molecular weight is 667 g/mol. The maximum Gasteiger partial charge on any atom is 0.330 e. The molecule has 2 saturated carbocycles. The highest BCUT2D eigenvalue weighted by molar-refractivity contribution is 7.13. The number of carbonyl (C=O) groups excluding carboxylic acids is 2. The second-order valence-corrected chi connectivity index (χ2v) is 14.1. The van der Waals surface area contributed by atoms with Gasteiger partial charge >= 0.3 is 5.97 Å². The summed E-state index contributed by atoms with van der Waals surface area (Å²) in [7, 11) is 3.31. The van der Waals surface area contributed by atoms with Gasteiger partial charge < -0.3 is 24.8 Å². The fourth-order valence-corrected chi connectivity index (χ4v) is 7.84. The van der Waals surface area contributed by atoms with Crippen molar-refractivity contribution in [2.24, 2.45) is 17.8 Å². The Morgan fingerprint density at radius 2 is 1.96 bits per heavy atom. The standard InChI is InChI=1S/C34H39ClN4O6S/c1-18(2)25-17-46-31(37-25)24-15-27(21-10-11-26(44-4)28(35)29(21)36-24)45-20-13-22-23(14-20)32(41)39(3)12-8-6-5-7-9-19-16-34(19,33(42)43)38-30(22)40/h7,9-11,15,17-20,22-23H,5-6,8,12-14,16H2,1-4H3,(H,38,40)(H,42,43)/t19?,20-,22-,23-,34-/m1/s1.